The average molecular weight is 609 g/mol. The Kier molecular flexibility index (Phi) is 8.99. The first-order valence-corrected chi connectivity index (χ1v) is 16.3. The topological polar surface area (TPSA) is 108 Å². The van der Waals surface area contributed by atoms with Crippen LogP contribution in [0.2, 0.25) is 0 Å². The van der Waals surface area contributed by atoms with Crippen LogP contribution in [0.4, 0.5) is 0 Å². The van der Waals surface area contributed by atoms with Crippen LogP contribution in [-0.4, -0.2) is 56.8 Å². The van der Waals surface area contributed by atoms with Crippen molar-refractivity contribution in [3.63, 3.8) is 0 Å². The molecule has 0 aliphatic carbocycles. The first-order valence-electron chi connectivity index (χ1n) is 13.7. The molecule has 4 aromatic rings. The molecule has 1 aliphatic heterocycles. The lowest BCUT2D eigenvalue weighted by atomic mass is 9.75. The number of H-pyrrole nitrogens is 1. The fraction of sp³-hybridized carbons (Fsp3) is 0.290. The summed E-state index contributed by atoms with van der Waals surface area (Å²) in [5, 5.41) is 0. The molecule has 0 spiro atoms. The standard InChI is InChI=1S/C31H34ClN4O5P/c1-23-20-36(30(38)33-29(23)37)28-22-35(21-27(41-28)18-19-34(2)42(32,39)40)31(24-12-6-3-7-13-24,25-14-8-4-9-15-25)26-16-10-5-11-17-26/h3-17,20,27-28H,18-19,21-22H2,1-2H3,(H,39,40)(H,33,37,38)/t27-,28+/m0/s1. The molecule has 1 fully saturated rings. The van der Waals surface area contributed by atoms with Gasteiger partial charge in [-0.3, -0.25) is 23.8 Å². The summed E-state index contributed by atoms with van der Waals surface area (Å²) in [5.41, 5.74) is 1.68. The maximum Gasteiger partial charge on any atom is 0.360 e. The number of hydrogen-bond donors (Lipinski definition) is 2. The van der Waals surface area contributed by atoms with Crippen LogP contribution >= 0.6 is 18.1 Å². The molecule has 9 nitrogen and oxygen atoms in total. The third-order valence-electron chi connectivity index (χ3n) is 7.85. The molecule has 1 saturated heterocycles. The third-order valence-corrected chi connectivity index (χ3v) is 9.67. The highest BCUT2D eigenvalue weighted by Crippen LogP contribution is 2.49. The molecule has 2 N–H and O–H groups in total. The minimum Gasteiger partial charge on any atom is -0.352 e. The number of aromatic amines is 1. The molecule has 220 valence electrons. The summed E-state index contributed by atoms with van der Waals surface area (Å²) in [4.78, 5) is 39.9. The van der Waals surface area contributed by atoms with Gasteiger partial charge in [0.05, 0.1) is 11.6 Å². The van der Waals surface area contributed by atoms with E-state index >= 15 is 0 Å². The largest absolute Gasteiger partial charge is 0.360 e. The zero-order chi connectivity index (χ0) is 29.9. The Morgan fingerprint density at radius 1 is 0.952 bits per heavy atom. The molecule has 2 heterocycles. The Morgan fingerprint density at radius 2 is 1.45 bits per heavy atom. The van der Waals surface area contributed by atoms with E-state index in [0.29, 0.717) is 25.1 Å². The minimum atomic E-state index is -3.97. The molecule has 1 aliphatic rings. The van der Waals surface area contributed by atoms with Crippen molar-refractivity contribution in [2.24, 2.45) is 0 Å². The van der Waals surface area contributed by atoms with Crippen molar-refractivity contribution in [2.45, 2.75) is 31.2 Å². The van der Waals surface area contributed by atoms with Gasteiger partial charge in [0.1, 0.15) is 0 Å². The van der Waals surface area contributed by atoms with Gasteiger partial charge in [-0.05, 0) is 48.3 Å². The molecular formula is C31H34ClN4O5P. The molecule has 1 aromatic heterocycles. The summed E-state index contributed by atoms with van der Waals surface area (Å²) in [6.07, 6.45) is 0.675. The first kappa shape index (κ1) is 30.2. The van der Waals surface area contributed by atoms with E-state index in [4.69, 9.17) is 16.0 Å². The van der Waals surface area contributed by atoms with Crippen molar-refractivity contribution in [3.8, 4) is 0 Å². The lowest BCUT2D eigenvalue weighted by Gasteiger charge is -2.50. The lowest BCUT2D eigenvalue weighted by molar-refractivity contribution is -0.141. The smallest absolute Gasteiger partial charge is 0.352 e. The van der Waals surface area contributed by atoms with E-state index in [0.717, 1.165) is 16.7 Å². The SMILES string of the molecule is Cc1cn([C@H]2CN(C(c3ccccc3)(c3ccccc3)c3ccccc3)C[C@H](CCN(C)P(=O)(O)Cl)O2)c(=O)[nH]c1=O. The van der Waals surface area contributed by atoms with Crippen molar-refractivity contribution in [2.75, 3.05) is 26.7 Å². The maximum absolute atomic E-state index is 13.1. The molecule has 1 unspecified atom stereocenters. The van der Waals surface area contributed by atoms with Crippen LogP contribution in [0, 0.1) is 6.92 Å². The number of aryl methyl sites for hydroxylation is 1. The van der Waals surface area contributed by atoms with E-state index in [2.05, 4.69) is 46.3 Å². The Hall–Kier alpha value is -3.30. The van der Waals surface area contributed by atoms with E-state index in [9.17, 15) is 19.0 Å². The molecule has 42 heavy (non-hydrogen) atoms. The van der Waals surface area contributed by atoms with Crippen LogP contribution in [0.25, 0.3) is 0 Å². The van der Waals surface area contributed by atoms with Crippen molar-refractivity contribution in [1.82, 2.24) is 19.1 Å². The number of rotatable bonds is 9. The average Bonchev–Trinajstić information content (AvgIpc) is 2.99. The van der Waals surface area contributed by atoms with Gasteiger partial charge in [-0.15, -0.1) is 0 Å². The van der Waals surface area contributed by atoms with E-state index in [1.54, 1.807) is 6.92 Å². The molecule has 0 radical (unpaired) electrons. The number of nitrogens with zero attached hydrogens (tertiary/aromatic N) is 3. The Bertz CT molecular complexity index is 1560. The van der Waals surface area contributed by atoms with Crippen molar-refractivity contribution in [1.29, 1.82) is 0 Å². The third kappa shape index (κ3) is 6.08. The summed E-state index contributed by atoms with van der Waals surface area (Å²) < 4.78 is 21.2. The predicted octanol–water partition coefficient (Wildman–Crippen LogP) is 4.70. The number of nitrogens with one attached hydrogen (secondary N) is 1. The van der Waals surface area contributed by atoms with Crippen LogP contribution in [0.5, 0.6) is 0 Å². The summed E-state index contributed by atoms with van der Waals surface area (Å²) in [5.74, 6) is 0. The molecule has 3 aromatic carbocycles. The predicted molar refractivity (Wildman–Crippen MR) is 164 cm³/mol. The van der Waals surface area contributed by atoms with Crippen LogP contribution in [0.15, 0.2) is 107 Å². The number of hydrogen-bond acceptors (Lipinski definition) is 5. The van der Waals surface area contributed by atoms with Gasteiger partial charge >= 0.3 is 12.6 Å². The monoisotopic (exact) mass is 608 g/mol. The molecule has 11 heteroatoms. The summed E-state index contributed by atoms with van der Waals surface area (Å²) in [6.45, 7) is -1.38. The highest BCUT2D eigenvalue weighted by Gasteiger charge is 2.46. The Labute approximate surface area is 249 Å². The first-order chi connectivity index (χ1) is 20.1. The number of morpholine rings is 1. The minimum absolute atomic E-state index is 0.192. The zero-order valence-electron chi connectivity index (χ0n) is 23.5. The molecule has 0 amide bonds. The van der Waals surface area contributed by atoms with Crippen molar-refractivity contribution < 1.29 is 14.2 Å². The molecule has 5 rings (SSSR count). The van der Waals surface area contributed by atoms with Crippen LogP contribution in [-0.2, 0) is 14.8 Å². The molecule has 0 bridgehead atoms. The van der Waals surface area contributed by atoms with Gasteiger partial charge in [-0.1, -0.05) is 91.0 Å². The quantitative estimate of drug-likeness (QED) is 0.210. The summed E-state index contributed by atoms with van der Waals surface area (Å²) >= 11 is 5.73. The highest BCUT2D eigenvalue weighted by molar-refractivity contribution is 7.82. The molecule has 0 saturated carbocycles. The Balaban J connectivity index is 1.69. The maximum atomic E-state index is 13.1. The lowest BCUT2D eigenvalue weighted by Crippen LogP contribution is -2.57. The Morgan fingerprint density at radius 3 is 1.93 bits per heavy atom. The number of halogens is 1. The van der Waals surface area contributed by atoms with E-state index in [1.165, 1.54) is 22.5 Å². The number of ether oxygens (including phenoxy) is 1. The number of benzene rings is 3. The van der Waals surface area contributed by atoms with Gasteiger partial charge in [-0.2, -0.15) is 0 Å². The second kappa shape index (κ2) is 12.5. The number of aromatic nitrogens is 2. The van der Waals surface area contributed by atoms with E-state index in [-0.39, 0.29) is 6.54 Å². The van der Waals surface area contributed by atoms with Gasteiger partial charge in [0.15, 0.2) is 6.23 Å². The van der Waals surface area contributed by atoms with Gasteiger partial charge in [-0.25, -0.2) is 9.46 Å². The fourth-order valence-electron chi connectivity index (χ4n) is 5.74. The summed E-state index contributed by atoms with van der Waals surface area (Å²) in [6, 6.07) is 30.6. The second-order valence-corrected chi connectivity index (χ2v) is 13.5. The normalized spacial score (nSPS) is 19.5. The van der Waals surface area contributed by atoms with Crippen LogP contribution in [0.1, 0.15) is 34.9 Å². The van der Waals surface area contributed by atoms with Gasteiger partial charge in [0.25, 0.3) is 5.56 Å². The van der Waals surface area contributed by atoms with Gasteiger partial charge in [0.2, 0.25) is 0 Å². The summed E-state index contributed by atoms with van der Waals surface area (Å²) in [7, 11) is 1.49. The van der Waals surface area contributed by atoms with Gasteiger partial charge in [0, 0.05) is 31.4 Å². The second-order valence-electron chi connectivity index (χ2n) is 10.5. The molecular weight excluding hydrogens is 575 g/mol. The van der Waals surface area contributed by atoms with Crippen molar-refractivity contribution in [3.05, 3.63) is 140 Å². The zero-order valence-corrected chi connectivity index (χ0v) is 25.1. The van der Waals surface area contributed by atoms with E-state index in [1.807, 2.05) is 54.6 Å². The van der Waals surface area contributed by atoms with E-state index < -0.39 is 36.0 Å². The van der Waals surface area contributed by atoms with Crippen LogP contribution < -0.4 is 11.2 Å². The van der Waals surface area contributed by atoms with Crippen molar-refractivity contribution >= 4 is 18.1 Å². The fourth-order valence-corrected chi connectivity index (χ4v) is 6.33. The highest BCUT2D eigenvalue weighted by atomic mass is 35.7. The van der Waals surface area contributed by atoms with Crippen LogP contribution in [0.3, 0.4) is 0 Å². The van der Waals surface area contributed by atoms with Gasteiger partial charge < -0.3 is 9.63 Å². The molecule has 3 atom stereocenters.